The van der Waals surface area contributed by atoms with Crippen LogP contribution in [0, 0.1) is 5.82 Å². The lowest BCUT2D eigenvalue weighted by Gasteiger charge is -2.32. The van der Waals surface area contributed by atoms with Gasteiger partial charge >= 0.3 is 0 Å². The van der Waals surface area contributed by atoms with Gasteiger partial charge in [0.05, 0.1) is 0 Å². The fourth-order valence-corrected chi connectivity index (χ4v) is 5.26. The predicted octanol–water partition coefficient (Wildman–Crippen LogP) is 6.23. The molecule has 1 atom stereocenters. The summed E-state index contributed by atoms with van der Waals surface area (Å²) in [5.41, 5.74) is 5.71. The van der Waals surface area contributed by atoms with E-state index < -0.39 is 11.9 Å². The Balaban J connectivity index is 1.46. The van der Waals surface area contributed by atoms with E-state index in [2.05, 4.69) is 29.3 Å². The second-order valence-electron chi connectivity index (χ2n) is 10.1. The number of rotatable bonds is 10. The monoisotopic (exact) mass is 535 g/mol. The zero-order chi connectivity index (χ0) is 27.9. The third-order valence-corrected chi connectivity index (χ3v) is 7.47. The molecule has 4 aromatic carbocycles. The highest BCUT2D eigenvalue weighted by Gasteiger charge is 2.33. The fourth-order valence-electron chi connectivity index (χ4n) is 5.26. The van der Waals surface area contributed by atoms with Crippen LogP contribution in [-0.2, 0) is 29.0 Å². The summed E-state index contributed by atoms with van der Waals surface area (Å²) in [6.45, 7) is 3.79. The first-order valence-electron chi connectivity index (χ1n) is 13.8. The van der Waals surface area contributed by atoms with Crippen molar-refractivity contribution in [3.8, 4) is 0 Å². The number of para-hydroxylation sites is 1. The number of fused-ring (bicyclic) bond motifs is 1. The van der Waals surface area contributed by atoms with Crippen LogP contribution in [0.1, 0.15) is 41.6 Å². The molecule has 1 aliphatic heterocycles. The first kappa shape index (κ1) is 27.1. The van der Waals surface area contributed by atoms with E-state index in [0.717, 1.165) is 36.2 Å². The molecule has 0 saturated heterocycles. The Morgan fingerprint density at radius 1 is 0.875 bits per heavy atom. The minimum absolute atomic E-state index is 0.169. The van der Waals surface area contributed by atoms with Crippen LogP contribution in [0.5, 0.6) is 0 Å². The van der Waals surface area contributed by atoms with Crippen molar-refractivity contribution in [2.24, 2.45) is 0 Å². The van der Waals surface area contributed by atoms with Gasteiger partial charge in [-0.05, 0) is 65.4 Å². The van der Waals surface area contributed by atoms with Crippen LogP contribution < -0.4 is 15.1 Å². The van der Waals surface area contributed by atoms with Crippen molar-refractivity contribution in [2.75, 3.05) is 22.9 Å². The average molecular weight is 536 g/mol. The predicted molar refractivity (Wildman–Crippen MR) is 158 cm³/mol. The van der Waals surface area contributed by atoms with Gasteiger partial charge in [0.2, 0.25) is 11.8 Å². The molecule has 4 aromatic rings. The van der Waals surface area contributed by atoms with Crippen molar-refractivity contribution in [1.82, 2.24) is 5.32 Å². The maximum atomic E-state index is 14.1. The topological polar surface area (TPSA) is 52.7 Å². The SMILES string of the molecule is CCc1ccc(N(C(=O)CCN2CCc3ccccc32)[C@H](C(=O)NCc2ccccc2)c2ccc(F)cc2)cc1. The van der Waals surface area contributed by atoms with E-state index in [9.17, 15) is 14.0 Å². The van der Waals surface area contributed by atoms with Crippen LogP contribution in [0.15, 0.2) is 103 Å². The van der Waals surface area contributed by atoms with Gasteiger partial charge < -0.3 is 10.2 Å². The Labute approximate surface area is 235 Å². The summed E-state index contributed by atoms with van der Waals surface area (Å²) in [7, 11) is 0. The molecule has 2 amide bonds. The molecule has 0 spiro atoms. The lowest BCUT2D eigenvalue weighted by Crippen LogP contribution is -2.44. The number of amides is 2. The zero-order valence-corrected chi connectivity index (χ0v) is 22.7. The molecule has 0 fully saturated rings. The molecule has 204 valence electrons. The zero-order valence-electron chi connectivity index (χ0n) is 22.7. The second-order valence-corrected chi connectivity index (χ2v) is 10.1. The first-order valence-corrected chi connectivity index (χ1v) is 13.8. The van der Waals surface area contributed by atoms with E-state index in [4.69, 9.17) is 0 Å². The van der Waals surface area contributed by atoms with E-state index >= 15 is 0 Å². The third kappa shape index (κ3) is 6.23. The summed E-state index contributed by atoms with van der Waals surface area (Å²) in [5, 5.41) is 3.01. The van der Waals surface area contributed by atoms with Crippen molar-refractivity contribution in [3.05, 3.63) is 131 Å². The molecule has 6 heteroatoms. The molecule has 1 heterocycles. The summed E-state index contributed by atoms with van der Waals surface area (Å²) in [6.07, 6.45) is 2.04. The number of aryl methyl sites for hydroxylation is 1. The van der Waals surface area contributed by atoms with Gasteiger partial charge in [-0.3, -0.25) is 14.5 Å². The molecular weight excluding hydrogens is 501 g/mol. The largest absolute Gasteiger partial charge is 0.370 e. The van der Waals surface area contributed by atoms with Crippen LogP contribution in [-0.4, -0.2) is 24.9 Å². The molecule has 1 N–H and O–H groups in total. The van der Waals surface area contributed by atoms with Crippen LogP contribution in [0.4, 0.5) is 15.8 Å². The number of carbonyl (C=O) groups excluding carboxylic acids is 2. The quantitative estimate of drug-likeness (QED) is 0.262. The third-order valence-electron chi connectivity index (χ3n) is 7.47. The summed E-state index contributed by atoms with van der Waals surface area (Å²) < 4.78 is 13.9. The summed E-state index contributed by atoms with van der Waals surface area (Å²) in [6, 6.07) is 30.5. The minimum Gasteiger partial charge on any atom is -0.370 e. The molecule has 0 bridgehead atoms. The van der Waals surface area contributed by atoms with E-state index in [1.165, 1.54) is 17.7 Å². The van der Waals surface area contributed by atoms with Gasteiger partial charge in [-0.1, -0.05) is 79.7 Å². The van der Waals surface area contributed by atoms with Crippen LogP contribution in [0.2, 0.25) is 0 Å². The number of nitrogens with one attached hydrogen (secondary N) is 1. The Morgan fingerprint density at radius 2 is 1.57 bits per heavy atom. The first-order chi connectivity index (χ1) is 19.5. The molecule has 0 aliphatic carbocycles. The number of halogens is 1. The lowest BCUT2D eigenvalue weighted by atomic mass is 10.0. The van der Waals surface area contributed by atoms with E-state index in [0.29, 0.717) is 24.3 Å². The lowest BCUT2D eigenvalue weighted by molar-refractivity contribution is -0.126. The number of benzene rings is 4. The van der Waals surface area contributed by atoms with Crippen molar-refractivity contribution < 1.29 is 14.0 Å². The van der Waals surface area contributed by atoms with Gasteiger partial charge in [0.1, 0.15) is 11.9 Å². The molecule has 0 aromatic heterocycles. The van der Waals surface area contributed by atoms with Gasteiger partial charge in [-0.15, -0.1) is 0 Å². The molecule has 40 heavy (non-hydrogen) atoms. The normalized spacial score (nSPS) is 13.0. The minimum atomic E-state index is -0.963. The van der Waals surface area contributed by atoms with E-state index in [1.54, 1.807) is 17.0 Å². The van der Waals surface area contributed by atoms with Crippen molar-refractivity contribution in [1.29, 1.82) is 0 Å². The molecule has 5 nitrogen and oxygen atoms in total. The van der Waals surface area contributed by atoms with E-state index in [1.807, 2.05) is 66.7 Å². The van der Waals surface area contributed by atoms with Crippen molar-refractivity contribution in [3.63, 3.8) is 0 Å². The van der Waals surface area contributed by atoms with E-state index in [-0.39, 0.29) is 18.2 Å². The maximum absolute atomic E-state index is 14.1. The summed E-state index contributed by atoms with van der Waals surface area (Å²) in [4.78, 5) is 31.7. The van der Waals surface area contributed by atoms with Gasteiger partial charge in [-0.2, -0.15) is 0 Å². The number of anilines is 2. The standard InChI is InChI=1S/C34H34FN3O2/c1-2-25-12-18-30(19-13-25)38(32(39)21-23-37-22-20-27-10-6-7-11-31(27)37)33(28-14-16-29(35)17-15-28)34(40)36-24-26-8-4-3-5-9-26/h3-19,33H,2,20-24H2,1H3,(H,36,40)/t33-/m0/s1. The Kier molecular flexibility index (Phi) is 8.55. The molecular formula is C34H34FN3O2. The van der Waals surface area contributed by atoms with Gasteiger partial charge in [0.15, 0.2) is 0 Å². The van der Waals surface area contributed by atoms with Gasteiger partial charge in [-0.25, -0.2) is 4.39 Å². The van der Waals surface area contributed by atoms with Gasteiger partial charge in [0, 0.05) is 37.4 Å². The second kappa shape index (κ2) is 12.6. The molecule has 0 radical (unpaired) electrons. The smallest absolute Gasteiger partial charge is 0.248 e. The van der Waals surface area contributed by atoms with Crippen LogP contribution in [0.3, 0.4) is 0 Å². The molecule has 0 unspecified atom stereocenters. The van der Waals surface area contributed by atoms with Crippen molar-refractivity contribution >= 4 is 23.2 Å². The number of carbonyl (C=O) groups is 2. The highest BCUT2D eigenvalue weighted by atomic mass is 19.1. The number of hydrogen-bond donors (Lipinski definition) is 1. The van der Waals surface area contributed by atoms with Gasteiger partial charge in [0.25, 0.3) is 0 Å². The Morgan fingerprint density at radius 3 is 2.30 bits per heavy atom. The fraction of sp³-hybridized carbons (Fsp3) is 0.235. The Bertz CT molecular complexity index is 1440. The molecule has 0 saturated carbocycles. The summed E-state index contributed by atoms with van der Waals surface area (Å²) >= 11 is 0. The molecule has 5 rings (SSSR count). The van der Waals surface area contributed by atoms with Crippen molar-refractivity contribution in [2.45, 2.75) is 38.8 Å². The number of hydrogen-bond acceptors (Lipinski definition) is 3. The highest BCUT2D eigenvalue weighted by molar-refractivity contribution is 6.01. The maximum Gasteiger partial charge on any atom is 0.248 e. The molecule has 1 aliphatic rings. The average Bonchev–Trinajstić information content (AvgIpc) is 3.42. The highest BCUT2D eigenvalue weighted by Crippen LogP contribution is 2.31. The Hall–Kier alpha value is -4.45. The van der Waals surface area contributed by atoms with Crippen LogP contribution >= 0.6 is 0 Å². The summed E-state index contributed by atoms with van der Waals surface area (Å²) in [5.74, 6) is -0.891. The van der Waals surface area contributed by atoms with Crippen LogP contribution in [0.25, 0.3) is 0 Å². The number of nitrogens with zero attached hydrogens (tertiary/aromatic N) is 2.